The van der Waals surface area contributed by atoms with Crippen LogP contribution in [-0.2, 0) is 4.79 Å². The molecule has 0 saturated carbocycles. The van der Waals surface area contributed by atoms with Crippen molar-refractivity contribution in [1.82, 2.24) is 10.2 Å². The molecule has 104 valence electrons. The van der Waals surface area contributed by atoms with Crippen molar-refractivity contribution < 1.29 is 14.7 Å². The number of carbonyl (C=O) groups excluding carboxylic acids is 1. The first-order chi connectivity index (χ1) is 8.60. The summed E-state index contributed by atoms with van der Waals surface area (Å²) in [6, 6.07) is -0.723. The Morgan fingerprint density at radius 2 is 2.11 bits per heavy atom. The third kappa shape index (κ3) is 3.89. The minimum absolute atomic E-state index is 0.152. The number of hydrogen-bond donors (Lipinski definition) is 2. The van der Waals surface area contributed by atoms with Gasteiger partial charge >= 0.3 is 12.0 Å². The number of nitrogens with zero attached hydrogens (tertiary/aromatic N) is 1. The molecule has 2 unspecified atom stereocenters. The van der Waals surface area contributed by atoms with Crippen LogP contribution in [0.5, 0.6) is 0 Å². The van der Waals surface area contributed by atoms with Gasteiger partial charge in [0.05, 0.1) is 0 Å². The van der Waals surface area contributed by atoms with Gasteiger partial charge in [-0.3, -0.25) is 0 Å². The molecule has 1 saturated heterocycles. The second kappa shape index (κ2) is 7.24. The molecule has 0 aromatic heterocycles. The fraction of sp³-hybridized carbons (Fsp3) is 0.846. The number of carboxylic acids is 1. The van der Waals surface area contributed by atoms with Crippen LogP contribution < -0.4 is 5.32 Å². The first-order valence-electron chi connectivity index (χ1n) is 6.90. The molecule has 1 aliphatic rings. The van der Waals surface area contributed by atoms with Gasteiger partial charge in [-0.25, -0.2) is 9.59 Å². The average molecular weight is 256 g/mol. The fourth-order valence-corrected chi connectivity index (χ4v) is 2.42. The molecular weight excluding hydrogens is 232 g/mol. The van der Waals surface area contributed by atoms with Crippen LogP contribution in [0.25, 0.3) is 0 Å². The molecule has 5 heteroatoms. The molecule has 2 N–H and O–H groups in total. The van der Waals surface area contributed by atoms with Crippen molar-refractivity contribution in [3.8, 4) is 0 Å². The molecule has 0 bridgehead atoms. The van der Waals surface area contributed by atoms with Crippen molar-refractivity contribution in [2.24, 2.45) is 0 Å². The van der Waals surface area contributed by atoms with Gasteiger partial charge in [0.2, 0.25) is 0 Å². The number of carbonyl (C=O) groups is 2. The number of likely N-dealkylation sites (tertiary alicyclic amines) is 1. The van der Waals surface area contributed by atoms with Crippen molar-refractivity contribution in [2.75, 3.05) is 6.54 Å². The van der Waals surface area contributed by atoms with Crippen LogP contribution >= 0.6 is 0 Å². The number of piperidine rings is 1. The summed E-state index contributed by atoms with van der Waals surface area (Å²) < 4.78 is 0. The van der Waals surface area contributed by atoms with E-state index in [2.05, 4.69) is 12.2 Å². The summed E-state index contributed by atoms with van der Waals surface area (Å²) in [5.74, 6) is -0.895. The number of urea groups is 1. The first kappa shape index (κ1) is 14.8. The lowest BCUT2D eigenvalue weighted by Crippen LogP contribution is -2.53. The van der Waals surface area contributed by atoms with E-state index in [0.717, 1.165) is 32.1 Å². The number of aliphatic carboxylic acids is 1. The molecule has 1 aliphatic heterocycles. The van der Waals surface area contributed by atoms with E-state index in [1.165, 1.54) is 4.90 Å². The maximum absolute atomic E-state index is 12.1. The van der Waals surface area contributed by atoms with Crippen LogP contribution in [0.4, 0.5) is 4.79 Å². The van der Waals surface area contributed by atoms with E-state index < -0.39 is 12.0 Å². The third-order valence-corrected chi connectivity index (χ3v) is 3.51. The first-order valence-corrected chi connectivity index (χ1v) is 6.90. The summed E-state index contributed by atoms with van der Waals surface area (Å²) in [5, 5.41) is 12.1. The van der Waals surface area contributed by atoms with Gasteiger partial charge in [0.1, 0.15) is 6.04 Å². The number of nitrogens with one attached hydrogen (secondary N) is 1. The van der Waals surface area contributed by atoms with Crippen LogP contribution in [-0.4, -0.2) is 40.6 Å². The lowest BCUT2D eigenvalue weighted by molar-refractivity contribution is -0.143. The minimum atomic E-state index is -0.895. The third-order valence-electron chi connectivity index (χ3n) is 3.51. The summed E-state index contributed by atoms with van der Waals surface area (Å²) in [6.45, 7) is 4.66. The molecule has 2 amide bonds. The largest absolute Gasteiger partial charge is 0.480 e. The SMILES string of the molecule is CCCC(CC)NC(=O)N1CCCCC1C(=O)O. The maximum atomic E-state index is 12.1. The normalized spacial score (nSPS) is 21.4. The zero-order valence-corrected chi connectivity index (χ0v) is 11.3. The average Bonchev–Trinajstić information content (AvgIpc) is 2.38. The Labute approximate surface area is 109 Å². The smallest absolute Gasteiger partial charge is 0.326 e. The van der Waals surface area contributed by atoms with Crippen molar-refractivity contribution in [3.05, 3.63) is 0 Å². The highest BCUT2D eigenvalue weighted by Crippen LogP contribution is 2.17. The summed E-state index contributed by atoms with van der Waals surface area (Å²) in [7, 11) is 0. The van der Waals surface area contributed by atoms with Crippen LogP contribution in [0.1, 0.15) is 52.4 Å². The molecule has 1 fully saturated rings. The van der Waals surface area contributed by atoms with Gasteiger partial charge in [-0.2, -0.15) is 0 Å². The van der Waals surface area contributed by atoms with E-state index in [-0.39, 0.29) is 12.1 Å². The zero-order chi connectivity index (χ0) is 13.5. The molecule has 18 heavy (non-hydrogen) atoms. The predicted octanol–water partition coefficient (Wildman–Crippen LogP) is 2.21. The standard InChI is InChI=1S/C13H24N2O3/c1-3-7-10(4-2)14-13(18)15-9-6-5-8-11(15)12(16)17/h10-11H,3-9H2,1-2H3,(H,14,18)(H,16,17). The van der Waals surface area contributed by atoms with E-state index in [0.29, 0.717) is 13.0 Å². The summed E-state index contributed by atoms with van der Waals surface area (Å²) in [6.07, 6.45) is 5.17. The quantitative estimate of drug-likeness (QED) is 0.792. The lowest BCUT2D eigenvalue weighted by atomic mass is 10.0. The van der Waals surface area contributed by atoms with Crippen LogP contribution in [0.3, 0.4) is 0 Å². The van der Waals surface area contributed by atoms with E-state index >= 15 is 0 Å². The van der Waals surface area contributed by atoms with Gasteiger partial charge < -0.3 is 15.3 Å². The van der Waals surface area contributed by atoms with Gasteiger partial charge in [0.25, 0.3) is 0 Å². The van der Waals surface area contributed by atoms with E-state index in [4.69, 9.17) is 5.11 Å². The van der Waals surface area contributed by atoms with Gasteiger partial charge in [-0.1, -0.05) is 20.3 Å². The topological polar surface area (TPSA) is 69.6 Å². The highest BCUT2D eigenvalue weighted by Gasteiger charge is 2.32. The number of amides is 2. The van der Waals surface area contributed by atoms with Crippen molar-refractivity contribution in [2.45, 2.75) is 64.5 Å². The van der Waals surface area contributed by atoms with Crippen molar-refractivity contribution >= 4 is 12.0 Å². The lowest BCUT2D eigenvalue weighted by Gasteiger charge is -2.34. The van der Waals surface area contributed by atoms with Gasteiger partial charge in [-0.15, -0.1) is 0 Å². The summed E-state index contributed by atoms with van der Waals surface area (Å²) in [4.78, 5) is 24.7. The molecule has 0 aromatic rings. The van der Waals surface area contributed by atoms with Crippen LogP contribution in [0.2, 0.25) is 0 Å². The van der Waals surface area contributed by atoms with Crippen molar-refractivity contribution in [3.63, 3.8) is 0 Å². The second-order valence-electron chi connectivity index (χ2n) is 4.89. The number of rotatable bonds is 5. The maximum Gasteiger partial charge on any atom is 0.326 e. The predicted molar refractivity (Wildman–Crippen MR) is 69.5 cm³/mol. The van der Waals surface area contributed by atoms with Gasteiger partial charge in [-0.05, 0) is 32.1 Å². The zero-order valence-electron chi connectivity index (χ0n) is 11.3. The Kier molecular flexibility index (Phi) is 5.95. The molecule has 0 aliphatic carbocycles. The molecule has 0 aromatic carbocycles. The molecule has 0 radical (unpaired) electrons. The molecule has 5 nitrogen and oxygen atoms in total. The Balaban J connectivity index is 2.59. The monoisotopic (exact) mass is 256 g/mol. The fourth-order valence-electron chi connectivity index (χ4n) is 2.42. The molecule has 1 rings (SSSR count). The number of hydrogen-bond acceptors (Lipinski definition) is 2. The molecular formula is C13H24N2O3. The summed E-state index contributed by atoms with van der Waals surface area (Å²) in [5.41, 5.74) is 0. The Hall–Kier alpha value is -1.26. The van der Waals surface area contributed by atoms with Gasteiger partial charge in [0, 0.05) is 12.6 Å². The van der Waals surface area contributed by atoms with Crippen molar-refractivity contribution in [1.29, 1.82) is 0 Å². The minimum Gasteiger partial charge on any atom is -0.480 e. The van der Waals surface area contributed by atoms with E-state index in [1.807, 2.05) is 6.92 Å². The van der Waals surface area contributed by atoms with E-state index in [9.17, 15) is 9.59 Å². The van der Waals surface area contributed by atoms with Crippen LogP contribution in [0, 0.1) is 0 Å². The Morgan fingerprint density at radius 3 is 2.67 bits per heavy atom. The summed E-state index contributed by atoms with van der Waals surface area (Å²) >= 11 is 0. The Morgan fingerprint density at radius 1 is 1.39 bits per heavy atom. The van der Waals surface area contributed by atoms with E-state index in [1.54, 1.807) is 0 Å². The highest BCUT2D eigenvalue weighted by atomic mass is 16.4. The molecule has 1 heterocycles. The molecule has 0 spiro atoms. The Bertz CT molecular complexity index is 294. The van der Waals surface area contributed by atoms with Gasteiger partial charge in [0.15, 0.2) is 0 Å². The number of carboxylic acid groups (broad SMARTS) is 1. The second-order valence-corrected chi connectivity index (χ2v) is 4.89. The highest BCUT2D eigenvalue weighted by molar-refractivity contribution is 5.83. The molecule has 2 atom stereocenters. The van der Waals surface area contributed by atoms with Crippen LogP contribution in [0.15, 0.2) is 0 Å².